The lowest BCUT2D eigenvalue weighted by atomic mass is 10.1. The van der Waals surface area contributed by atoms with Gasteiger partial charge in [0.15, 0.2) is 0 Å². The van der Waals surface area contributed by atoms with Crippen molar-refractivity contribution in [2.75, 3.05) is 0 Å². The lowest BCUT2D eigenvalue weighted by molar-refractivity contribution is 0.129. The van der Waals surface area contributed by atoms with E-state index < -0.39 is 6.10 Å². The highest BCUT2D eigenvalue weighted by Crippen LogP contribution is 2.42. The van der Waals surface area contributed by atoms with Crippen LogP contribution in [0.15, 0.2) is 22.6 Å². The number of aryl methyl sites for hydroxylation is 1. The van der Waals surface area contributed by atoms with E-state index in [0.717, 1.165) is 29.4 Å². The summed E-state index contributed by atoms with van der Waals surface area (Å²) in [7, 11) is 0. The molecule has 0 radical (unpaired) electrons. The molecule has 0 saturated heterocycles. The van der Waals surface area contributed by atoms with Gasteiger partial charge >= 0.3 is 0 Å². The molecule has 1 aliphatic rings. The average molecular weight is 237 g/mol. The number of hydrogen-bond donors (Lipinski definition) is 1. The molecule has 1 saturated carbocycles. The van der Waals surface area contributed by atoms with Gasteiger partial charge in [0.25, 0.3) is 0 Å². The molecule has 1 atom stereocenters. The number of hydrogen-bond acceptors (Lipinski definition) is 2. The van der Waals surface area contributed by atoms with Crippen LogP contribution in [0.1, 0.15) is 30.3 Å². The van der Waals surface area contributed by atoms with Crippen molar-refractivity contribution in [3.8, 4) is 0 Å². The van der Waals surface area contributed by atoms with Gasteiger partial charge < -0.3 is 9.52 Å². The molecule has 1 unspecified atom stereocenters. The Kier molecular flexibility index (Phi) is 2.23. The maximum atomic E-state index is 9.99. The van der Waals surface area contributed by atoms with Crippen LogP contribution in [0.4, 0.5) is 0 Å². The monoisotopic (exact) mass is 236 g/mol. The molecular formula is C13H13ClO2. The molecule has 1 aromatic carbocycles. The van der Waals surface area contributed by atoms with E-state index in [2.05, 4.69) is 0 Å². The Morgan fingerprint density at radius 2 is 2.12 bits per heavy atom. The van der Waals surface area contributed by atoms with E-state index in [1.165, 1.54) is 0 Å². The maximum absolute atomic E-state index is 9.99. The number of rotatable bonds is 2. The molecule has 2 aromatic rings. The SMILES string of the molecule is Cc1cc(Cl)cc2cc(C(O)C3CC3)oc12. The van der Waals surface area contributed by atoms with E-state index in [-0.39, 0.29) is 0 Å². The number of fused-ring (bicyclic) bond motifs is 1. The summed E-state index contributed by atoms with van der Waals surface area (Å²) in [6.07, 6.45) is 1.74. The van der Waals surface area contributed by atoms with Crippen LogP contribution >= 0.6 is 11.6 Å². The number of furan rings is 1. The van der Waals surface area contributed by atoms with Crippen LogP contribution in [0.2, 0.25) is 5.02 Å². The van der Waals surface area contributed by atoms with Gasteiger partial charge in [-0.1, -0.05) is 11.6 Å². The number of aliphatic hydroxyl groups is 1. The molecule has 1 aliphatic carbocycles. The van der Waals surface area contributed by atoms with Gasteiger partial charge in [0.2, 0.25) is 0 Å². The number of halogens is 1. The fraction of sp³-hybridized carbons (Fsp3) is 0.385. The summed E-state index contributed by atoms with van der Waals surface area (Å²) < 4.78 is 5.71. The first-order valence-electron chi connectivity index (χ1n) is 5.53. The predicted molar refractivity (Wildman–Crippen MR) is 63.6 cm³/mol. The first kappa shape index (κ1) is 10.2. The Morgan fingerprint density at radius 1 is 1.38 bits per heavy atom. The van der Waals surface area contributed by atoms with Crippen LogP contribution < -0.4 is 0 Å². The molecule has 3 rings (SSSR count). The zero-order chi connectivity index (χ0) is 11.3. The standard InChI is InChI=1S/C13H13ClO2/c1-7-4-10(14)5-9-6-11(16-13(7)9)12(15)8-2-3-8/h4-6,8,12,15H,2-3H2,1H3. The Labute approximate surface area is 98.8 Å². The lowest BCUT2D eigenvalue weighted by Crippen LogP contribution is -1.96. The van der Waals surface area contributed by atoms with Gasteiger partial charge in [0, 0.05) is 10.4 Å². The summed E-state index contributed by atoms with van der Waals surface area (Å²) in [5.41, 5.74) is 1.84. The largest absolute Gasteiger partial charge is 0.458 e. The van der Waals surface area contributed by atoms with Gasteiger partial charge in [0.1, 0.15) is 17.4 Å². The van der Waals surface area contributed by atoms with Crippen molar-refractivity contribution in [3.05, 3.63) is 34.5 Å². The second-order valence-electron chi connectivity index (χ2n) is 4.57. The van der Waals surface area contributed by atoms with Crippen LogP contribution in [0.3, 0.4) is 0 Å². The Balaban J connectivity index is 2.11. The van der Waals surface area contributed by atoms with Crippen molar-refractivity contribution in [1.82, 2.24) is 0 Å². The minimum atomic E-state index is -0.453. The molecule has 1 fully saturated rings. The second kappa shape index (κ2) is 3.51. The topological polar surface area (TPSA) is 33.4 Å². The van der Waals surface area contributed by atoms with Crippen LogP contribution in [-0.2, 0) is 0 Å². The first-order valence-corrected chi connectivity index (χ1v) is 5.90. The van der Waals surface area contributed by atoms with Crippen molar-refractivity contribution in [3.63, 3.8) is 0 Å². The minimum Gasteiger partial charge on any atom is -0.458 e. The van der Waals surface area contributed by atoms with Gasteiger partial charge in [-0.15, -0.1) is 0 Å². The summed E-state index contributed by atoms with van der Waals surface area (Å²) in [4.78, 5) is 0. The summed E-state index contributed by atoms with van der Waals surface area (Å²) in [6.45, 7) is 1.96. The zero-order valence-corrected chi connectivity index (χ0v) is 9.79. The third-order valence-electron chi connectivity index (χ3n) is 3.15. The van der Waals surface area contributed by atoms with E-state index >= 15 is 0 Å². The molecule has 16 heavy (non-hydrogen) atoms. The van der Waals surface area contributed by atoms with Gasteiger partial charge in [-0.3, -0.25) is 0 Å². The van der Waals surface area contributed by atoms with Gasteiger partial charge in [-0.25, -0.2) is 0 Å². The van der Waals surface area contributed by atoms with E-state index in [1.54, 1.807) is 0 Å². The van der Waals surface area contributed by atoms with E-state index in [1.807, 2.05) is 25.1 Å². The highest BCUT2D eigenvalue weighted by atomic mass is 35.5. The Morgan fingerprint density at radius 3 is 2.81 bits per heavy atom. The molecule has 3 heteroatoms. The van der Waals surface area contributed by atoms with Crippen LogP contribution in [-0.4, -0.2) is 5.11 Å². The normalized spacial score (nSPS) is 17.9. The molecule has 1 aromatic heterocycles. The zero-order valence-electron chi connectivity index (χ0n) is 9.03. The molecule has 0 bridgehead atoms. The first-order chi connectivity index (χ1) is 7.65. The van der Waals surface area contributed by atoms with Crippen molar-refractivity contribution in [1.29, 1.82) is 0 Å². The van der Waals surface area contributed by atoms with Crippen molar-refractivity contribution in [2.24, 2.45) is 5.92 Å². The lowest BCUT2D eigenvalue weighted by Gasteiger charge is -2.03. The predicted octanol–water partition coefficient (Wildman–Crippen LogP) is 3.84. The Hall–Kier alpha value is -0.990. The Bertz CT molecular complexity index is 540. The van der Waals surface area contributed by atoms with Crippen LogP contribution in [0.5, 0.6) is 0 Å². The van der Waals surface area contributed by atoms with Gasteiger partial charge in [-0.2, -0.15) is 0 Å². The maximum Gasteiger partial charge on any atom is 0.137 e. The molecule has 0 amide bonds. The summed E-state index contributed by atoms with van der Waals surface area (Å²) in [6, 6.07) is 5.65. The third kappa shape index (κ3) is 1.62. The van der Waals surface area contributed by atoms with Crippen molar-refractivity contribution < 1.29 is 9.52 Å². The number of aliphatic hydroxyl groups excluding tert-OH is 1. The smallest absolute Gasteiger partial charge is 0.137 e. The highest BCUT2D eigenvalue weighted by molar-refractivity contribution is 6.31. The minimum absolute atomic E-state index is 0.386. The number of benzene rings is 1. The molecule has 1 N–H and O–H groups in total. The third-order valence-corrected chi connectivity index (χ3v) is 3.36. The molecular weight excluding hydrogens is 224 g/mol. The van der Waals surface area contributed by atoms with E-state index in [9.17, 15) is 5.11 Å². The molecule has 2 nitrogen and oxygen atoms in total. The molecule has 0 spiro atoms. The van der Waals surface area contributed by atoms with Crippen molar-refractivity contribution in [2.45, 2.75) is 25.9 Å². The fourth-order valence-corrected chi connectivity index (χ4v) is 2.37. The van der Waals surface area contributed by atoms with Crippen LogP contribution in [0.25, 0.3) is 11.0 Å². The molecule has 84 valence electrons. The molecule has 0 aliphatic heterocycles. The fourth-order valence-electron chi connectivity index (χ4n) is 2.09. The highest BCUT2D eigenvalue weighted by Gasteiger charge is 2.33. The quantitative estimate of drug-likeness (QED) is 0.860. The average Bonchev–Trinajstić information content (AvgIpc) is 2.97. The van der Waals surface area contributed by atoms with Crippen molar-refractivity contribution >= 4 is 22.6 Å². The van der Waals surface area contributed by atoms with Crippen LogP contribution in [0, 0.1) is 12.8 Å². The van der Waals surface area contributed by atoms with Gasteiger partial charge in [0.05, 0.1) is 0 Å². The molecule has 1 heterocycles. The summed E-state index contributed by atoms with van der Waals surface area (Å²) in [5, 5.41) is 11.7. The summed E-state index contributed by atoms with van der Waals surface area (Å²) >= 11 is 5.98. The van der Waals surface area contributed by atoms with E-state index in [0.29, 0.717) is 16.7 Å². The second-order valence-corrected chi connectivity index (χ2v) is 5.01. The summed E-state index contributed by atoms with van der Waals surface area (Å²) in [5.74, 6) is 1.05. The van der Waals surface area contributed by atoms with E-state index in [4.69, 9.17) is 16.0 Å². The van der Waals surface area contributed by atoms with Gasteiger partial charge in [-0.05, 0) is 49.4 Å².